The third-order valence-electron chi connectivity index (χ3n) is 2.76. The summed E-state index contributed by atoms with van der Waals surface area (Å²) in [5.41, 5.74) is 7.70. The van der Waals surface area contributed by atoms with Crippen molar-refractivity contribution in [2.24, 2.45) is 5.73 Å². The van der Waals surface area contributed by atoms with Crippen molar-refractivity contribution in [1.29, 1.82) is 0 Å². The number of ether oxygens (including phenoxy) is 1. The summed E-state index contributed by atoms with van der Waals surface area (Å²) in [7, 11) is 1.51. The van der Waals surface area contributed by atoms with E-state index >= 15 is 0 Å². The number of halogens is 1. The molecule has 0 aliphatic carbocycles. The second-order valence-corrected chi connectivity index (χ2v) is 3.73. The minimum Gasteiger partial charge on any atom is -0.496 e. The van der Waals surface area contributed by atoms with Crippen LogP contribution in [-0.4, -0.2) is 18.8 Å². The lowest BCUT2D eigenvalue weighted by atomic mass is 9.95. The highest BCUT2D eigenvalue weighted by Gasteiger charge is 2.18. The largest absolute Gasteiger partial charge is 0.496 e. The van der Waals surface area contributed by atoms with Gasteiger partial charge in [-0.05, 0) is 30.5 Å². The Morgan fingerprint density at radius 1 is 1.56 bits per heavy atom. The number of aliphatic hydroxyl groups is 1. The fourth-order valence-corrected chi connectivity index (χ4v) is 1.87. The van der Waals surface area contributed by atoms with Crippen LogP contribution in [-0.2, 0) is 6.42 Å². The van der Waals surface area contributed by atoms with E-state index in [-0.39, 0.29) is 12.4 Å². The van der Waals surface area contributed by atoms with Gasteiger partial charge in [0.25, 0.3) is 0 Å². The van der Waals surface area contributed by atoms with Gasteiger partial charge in [-0.1, -0.05) is 6.92 Å². The van der Waals surface area contributed by atoms with E-state index in [1.54, 1.807) is 6.92 Å². The molecule has 0 saturated heterocycles. The normalized spacial score (nSPS) is 12.6. The Labute approximate surface area is 95.0 Å². The van der Waals surface area contributed by atoms with Crippen LogP contribution in [0.25, 0.3) is 0 Å². The van der Waals surface area contributed by atoms with E-state index in [1.165, 1.54) is 13.2 Å². The molecule has 0 aliphatic rings. The maximum Gasteiger partial charge on any atom is 0.130 e. The zero-order valence-electron chi connectivity index (χ0n) is 9.88. The molecule has 1 atom stereocenters. The minimum atomic E-state index is -0.570. The molecule has 1 unspecified atom stereocenters. The molecule has 0 heterocycles. The average molecular weight is 227 g/mol. The second-order valence-electron chi connectivity index (χ2n) is 3.73. The number of hydrogen-bond donors (Lipinski definition) is 2. The summed E-state index contributed by atoms with van der Waals surface area (Å²) in [6, 6.07) is 0.816. The summed E-state index contributed by atoms with van der Waals surface area (Å²) >= 11 is 0. The highest BCUT2D eigenvalue weighted by Crippen LogP contribution is 2.32. The van der Waals surface area contributed by atoms with Gasteiger partial charge in [0.15, 0.2) is 0 Å². The maximum atomic E-state index is 13.6. The Morgan fingerprint density at radius 3 is 2.62 bits per heavy atom. The Bertz CT molecular complexity index is 380. The fourth-order valence-electron chi connectivity index (χ4n) is 1.87. The number of aliphatic hydroxyl groups excluding tert-OH is 1. The molecule has 0 spiro atoms. The molecule has 1 rings (SSSR count). The van der Waals surface area contributed by atoms with Gasteiger partial charge in [0.05, 0.1) is 19.8 Å². The van der Waals surface area contributed by atoms with Crippen molar-refractivity contribution in [2.45, 2.75) is 26.3 Å². The first-order chi connectivity index (χ1) is 7.56. The van der Waals surface area contributed by atoms with Crippen molar-refractivity contribution in [3.63, 3.8) is 0 Å². The van der Waals surface area contributed by atoms with E-state index in [4.69, 9.17) is 15.6 Å². The molecule has 3 nitrogen and oxygen atoms in total. The fraction of sp³-hybridized carbons (Fsp3) is 0.500. The zero-order chi connectivity index (χ0) is 12.3. The van der Waals surface area contributed by atoms with Crippen LogP contribution < -0.4 is 10.5 Å². The van der Waals surface area contributed by atoms with Crippen molar-refractivity contribution in [2.75, 3.05) is 13.7 Å². The number of methoxy groups -OCH3 is 1. The summed E-state index contributed by atoms with van der Waals surface area (Å²) < 4.78 is 18.8. The third kappa shape index (κ3) is 2.18. The molecule has 0 radical (unpaired) electrons. The van der Waals surface area contributed by atoms with Gasteiger partial charge in [0.1, 0.15) is 11.6 Å². The first-order valence-corrected chi connectivity index (χ1v) is 5.29. The topological polar surface area (TPSA) is 55.5 Å². The molecule has 4 heteroatoms. The SMILES string of the molecule is CCc1c(C(N)CO)cc(F)c(C)c1OC. The summed E-state index contributed by atoms with van der Waals surface area (Å²) in [4.78, 5) is 0. The monoisotopic (exact) mass is 227 g/mol. The van der Waals surface area contributed by atoms with Crippen LogP contribution in [0.15, 0.2) is 6.07 Å². The van der Waals surface area contributed by atoms with Crippen LogP contribution in [0.4, 0.5) is 4.39 Å². The quantitative estimate of drug-likeness (QED) is 0.823. The molecule has 16 heavy (non-hydrogen) atoms. The number of hydrogen-bond acceptors (Lipinski definition) is 3. The van der Waals surface area contributed by atoms with E-state index in [0.717, 1.165) is 5.56 Å². The Kier molecular flexibility index (Phi) is 4.26. The van der Waals surface area contributed by atoms with Gasteiger partial charge in [-0.25, -0.2) is 4.39 Å². The molecule has 1 aromatic carbocycles. The van der Waals surface area contributed by atoms with Crippen molar-refractivity contribution in [1.82, 2.24) is 0 Å². The summed E-state index contributed by atoms with van der Waals surface area (Å²) in [5, 5.41) is 9.04. The lowest BCUT2D eigenvalue weighted by Gasteiger charge is -2.19. The Morgan fingerprint density at radius 2 is 2.19 bits per heavy atom. The number of benzene rings is 1. The molecule has 0 amide bonds. The third-order valence-corrected chi connectivity index (χ3v) is 2.76. The molecular weight excluding hydrogens is 209 g/mol. The predicted octanol–water partition coefficient (Wildman–Crippen LogP) is 1.70. The first kappa shape index (κ1) is 12.9. The van der Waals surface area contributed by atoms with Gasteiger partial charge in [0, 0.05) is 5.56 Å². The van der Waals surface area contributed by atoms with Gasteiger partial charge < -0.3 is 15.6 Å². The van der Waals surface area contributed by atoms with Crippen LogP contribution in [0.5, 0.6) is 5.75 Å². The van der Waals surface area contributed by atoms with Crippen molar-refractivity contribution >= 4 is 0 Å². The van der Waals surface area contributed by atoms with Gasteiger partial charge in [-0.2, -0.15) is 0 Å². The molecule has 0 aliphatic heterocycles. The highest BCUT2D eigenvalue weighted by atomic mass is 19.1. The first-order valence-electron chi connectivity index (χ1n) is 5.29. The zero-order valence-corrected chi connectivity index (χ0v) is 9.88. The van der Waals surface area contributed by atoms with Crippen molar-refractivity contribution < 1.29 is 14.2 Å². The molecular formula is C12H18FNO2. The van der Waals surface area contributed by atoms with Gasteiger partial charge in [-0.3, -0.25) is 0 Å². The highest BCUT2D eigenvalue weighted by molar-refractivity contribution is 5.48. The van der Waals surface area contributed by atoms with Crippen molar-refractivity contribution in [3.8, 4) is 5.75 Å². The van der Waals surface area contributed by atoms with E-state index in [0.29, 0.717) is 23.3 Å². The smallest absolute Gasteiger partial charge is 0.130 e. The minimum absolute atomic E-state index is 0.210. The molecule has 0 bridgehead atoms. The number of rotatable bonds is 4. The second kappa shape index (κ2) is 5.27. The van der Waals surface area contributed by atoms with Crippen LogP contribution in [0.1, 0.15) is 29.7 Å². The van der Waals surface area contributed by atoms with Gasteiger partial charge in [0.2, 0.25) is 0 Å². The Hall–Kier alpha value is -1.13. The van der Waals surface area contributed by atoms with Crippen LogP contribution in [0.3, 0.4) is 0 Å². The molecule has 0 aromatic heterocycles. The molecule has 0 fully saturated rings. The van der Waals surface area contributed by atoms with Gasteiger partial charge >= 0.3 is 0 Å². The van der Waals surface area contributed by atoms with Crippen LogP contribution in [0.2, 0.25) is 0 Å². The van der Waals surface area contributed by atoms with Gasteiger partial charge in [-0.15, -0.1) is 0 Å². The van der Waals surface area contributed by atoms with E-state index in [1.807, 2.05) is 6.92 Å². The lowest BCUT2D eigenvalue weighted by molar-refractivity contribution is 0.266. The molecule has 0 saturated carbocycles. The van der Waals surface area contributed by atoms with Crippen LogP contribution in [0, 0.1) is 12.7 Å². The van der Waals surface area contributed by atoms with Crippen LogP contribution >= 0.6 is 0 Å². The maximum absolute atomic E-state index is 13.6. The standard InChI is InChI=1S/C12H18FNO2/c1-4-8-9(11(14)6-15)5-10(13)7(2)12(8)16-3/h5,11,15H,4,6,14H2,1-3H3. The molecule has 1 aromatic rings. The Balaban J connectivity index is 3.43. The summed E-state index contributed by atoms with van der Waals surface area (Å²) in [6.07, 6.45) is 0.688. The van der Waals surface area contributed by atoms with E-state index in [2.05, 4.69) is 0 Å². The lowest BCUT2D eigenvalue weighted by Crippen LogP contribution is -2.17. The van der Waals surface area contributed by atoms with E-state index < -0.39 is 6.04 Å². The van der Waals surface area contributed by atoms with E-state index in [9.17, 15) is 4.39 Å². The molecule has 90 valence electrons. The predicted molar refractivity (Wildman–Crippen MR) is 61.1 cm³/mol. The molecule has 3 N–H and O–H groups in total. The van der Waals surface area contributed by atoms with Crippen molar-refractivity contribution in [3.05, 3.63) is 28.6 Å². The average Bonchev–Trinajstić information content (AvgIpc) is 2.30. The summed E-state index contributed by atoms with van der Waals surface area (Å²) in [6.45, 7) is 3.41. The summed E-state index contributed by atoms with van der Waals surface area (Å²) in [5.74, 6) is 0.175. The number of nitrogens with two attached hydrogens (primary N) is 1.